The molecule has 14 heavy (non-hydrogen) atoms. The van der Waals surface area contributed by atoms with Gasteiger partial charge in [0, 0.05) is 18.7 Å². The van der Waals surface area contributed by atoms with Crippen molar-refractivity contribution in [2.75, 3.05) is 25.2 Å². The summed E-state index contributed by atoms with van der Waals surface area (Å²) in [5.41, 5.74) is 5.35. The van der Waals surface area contributed by atoms with Gasteiger partial charge in [-0.15, -0.1) is 12.4 Å². The molecule has 0 bridgehead atoms. The van der Waals surface area contributed by atoms with Gasteiger partial charge in [0.25, 0.3) is 0 Å². The van der Waals surface area contributed by atoms with E-state index in [9.17, 15) is 4.79 Å². The van der Waals surface area contributed by atoms with E-state index in [0.29, 0.717) is 6.42 Å². The minimum atomic E-state index is -0.102. The van der Waals surface area contributed by atoms with Crippen molar-refractivity contribution in [1.29, 1.82) is 0 Å². The third-order valence-corrected chi connectivity index (χ3v) is 2.76. The molecule has 0 aliphatic rings. The lowest BCUT2D eigenvalue weighted by Crippen LogP contribution is -2.02. The fourth-order valence-electron chi connectivity index (χ4n) is 0.938. The second-order valence-corrected chi connectivity index (χ2v) is 4.01. The molecule has 0 unspecified atom stereocenters. The van der Waals surface area contributed by atoms with E-state index in [1.807, 2.05) is 11.8 Å². The van der Waals surface area contributed by atoms with E-state index in [1.165, 1.54) is 13.5 Å². The number of unbranched alkanes of at least 4 members (excludes halogenated alkanes) is 2. The van der Waals surface area contributed by atoms with Crippen LogP contribution in [0.15, 0.2) is 0 Å². The maximum absolute atomic E-state index is 10.7. The highest BCUT2D eigenvalue weighted by Gasteiger charge is 1.98. The lowest BCUT2D eigenvalue weighted by atomic mass is 10.2. The Morgan fingerprint density at radius 1 is 1.29 bits per heavy atom. The summed E-state index contributed by atoms with van der Waals surface area (Å²) < 4.78 is 4.53. The van der Waals surface area contributed by atoms with Gasteiger partial charge in [-0.1, -0.05) is 6.42 Å². The van der Waals surface area contributed by atoms with Crippen molar-refractivity contribution in [3.05, 3.63) is 0 Å². The summed E-state index contributed by atoms with van der Waals surface area (Å²) in [6.45, 7) is 0.757. The molecule has 0 aromatic rings. The first-order valence-electron chi connectivity index (χ1n) is 4.66. The lowest BCUT2D eigenvalue weighted by Gasteiger charge is -2.00. The molecular formula is C9H20ClNO2S. The average molecular weight is 242 g/mol. The molecule has 2 N–H and O–H groups in total. The largest absolute Gasteiger partial charge is 0.469 e. The quantitative estimate of drug-likeness (QED) is 0.521. The average Bonchev–Trinajstić information content (AvgIpc) is 2.16. The monoisotopic (exact) mass is 241 g/mol. The first kappa shape index (κ1) is 16.5. The van der Waals surface area contributed by atoms with Crippen LogP contribution in [-0.4, -0.2) is 31.1 Å². The van der Waals surface area contributed by atoms with E-state index in [1.54, 1.807) is 0 Å². The summed E-state index contributed by atoms with van der Waals surface area (Å²) in [6.07, 6.45) is 3.77. The SMILES string of the molecule is COC(=O)CCCCCSCCN.Cl. The maximum Gasteiger partial charge on any atom is 0.305 e. The van der Waals surface area contributed by atoms with E-state index < -0.39 is 0 Å². The zero-order chi connectivity index (χ0) is 9.94. The van der Waals surface area contributed by atoms with E-state index in [-0.39, 0.29) is 18.4 Å². The number of carbonyl (C=O) groups excluding carboxylic acids is 1. The number of halogens is 1. The fourth-order valence-corrected chi connectivity index (χ4v) is 1.72. The van der Waals surface area contributed by atoms with Crippen LogP contribution in [-0.2, 0) is 9.53 Å². The van der Waals surface area contributed by atoms with Crippen molar-refractivity contribution in [2.45, 2.75) is 25.7 Å². The molecule has 0 aromatic carbocycles. The van der Waals surface area contributed by atoms with Gasteiger partial charge in [-0.2, -0.15) is 11.8 Å². The van der Waals surface area contributed by atoms with E-state index >= 15 is 0 Å². The lowest BCUT2D eigenvalue weighted by molar-refractivity contribution is -0.140. The Morgan fingerprint density at radius 2 is 2.00 bits per heavy atom. The fraction of sp³-hybridized carbons (Fsp3) is 0.889. The number of esters is 1. The minimum absolute atomic E-state index is 0. The Kier molecular flexibility index (Phi) is 15.4. The normalized spacial score (nSPS) is 9.29. The van der Waals surface area contributed by atoms with Gasteiger partial charge in [-0.3, -0.25) is 4.79 Å². The van der Waals surface area contributed by atoms with Gasteiger partial charge >= 0.3 is 5.97 Å². The zero-order valence-electron chi connectivity index (χ0n) is 8.66. The standard InChI is InChI=1S/C9H19NO2S.ClH/c1-12-9(11)5-3-2-4-7-13-8-6-10;/h2-8,10H2,1H3;1H. The van der Waals surface area contributed by atoms with Crippen LogP contribution in [0.25, 0.3) is 0 Å². The molecule has 0 fully saturated rings. The summed E-state index contributed by atoms with van der Waals surface area (Å²) in [5, 5.41) is 0. The number of methoxy groups -OCH3 is 1. The van der Waals surface area contributed by atoms with Gasteiger partial charge in [0.2, 0.25) is 0 Å². The number of thioether (sulfide) groups is 1. The molecular weight excluding hydrogens is 222 g/mol. The zero-order valence-corrected chi connectivity index (χ0v) is 10.3. The number of rotatable bonds is 8. The van der Waals surface area contributed by atoms with Crippen molar-refractivity contribution >= 4 is 30.1 Å². The van der Waals surface area contributed by atoms with Crippen LogP contribution in [0.4, 0.5) is 0 Å². The first-order chi connectivity index (χ1) is 6.31. The molecule has 0 atom stereocenters. The van der Waals surface area contributed by atoms with Crippen LogP contribution in [0, 0.1) is 0 Å². The van der Waals surface area contributed by atoms with Gasteiger partial charge in [-0.05, 0) is 18.6 Å². The summed E-state index contributed by atoms with van der Waals surface area (Å²) in [4.78, 5) is 10.7. The highest BCUT2D eigenvalue weighted by molar-refractivity contribution is 7.99. The highest BCUT2D eigenvalue weighted by Crippen LogP contribution is 2.07. The van der Waals surface area contributed by atoms with Crippen LogP contribution in [0.5, 0.6) is 0 Å². The van der Waals surface area contributed by atoms with Crippen LogP contribution in [0.2, 0.25) is 0 Å². The van der Waals surface area contributed by atoms with Crippen LogP contribution >= 0.6 is 24.2 Å². The third-order valence-electron chi connectivity index (χ3n) is 1.66. The molecule has 0 aromatic heterocycles. The maximum atomic E-state index is 10.7. The van der Waals surface area contributed by atoms with Gasteiger partial charge in [0.1, 0.15) is 0 Å². The van der Waals surface area contributed by atoms with Crippen molar-refractivity contribution in [1.82, 2.24) is 0 Å². The highest BCUT2D eigenvalue weighted by atomic mass is 35.5. The summed E-state index contributed by atoms with van der Waals surface area (Å²) in [7, 11) is 1.43. The second kappa shape index (κ2) is 13.1. The molecule has 0 amide bonds. The molecule has 0 aliphatic carbocycles. The Bertz CT molecular complexity index is 136. The summed E-state index contributed by atoms with van der Waals surface area (Å²) >= 11 is 1.88. The minimum Gasteiger partial charge on any atom is -0.469 e. The molecule has 0 heterocycles. The van der Waals surface area contributed by atoms with Crippen LogP contribution < -0.4 is 5.73 Å². The first-order valence-corrected chi connectivity index (χ1v) is 5.81. The number of hydrogen-bond donors (Lipinski definition) is 1. The molecule has 0 aliphatic heterocycles. The van der Waals surface area contributed by atoms with E-state index in [0.717, 1.165) is 30.9 Å². The van der Waals surface area contributed by atoms with E-state index in [2.05, 4.69) is 4.74 Å². The van der Waals surface area contributed by atoms with E-state index in [4.69, 9.17) is 5.73 Å². The van der Waals surface area contributed by atoms with Gasteiger partial charge in [-0.25, -0.2) is 0 Å². The van der Waals surface area contributed by atoms with Crippen molar-refractivity contribution in [2.24, 2.45) is 5.73 Å². The topological polar surface area (TPSA) is 52.3 Å². The second-order valence-electron chi connectivity index (χ2n) is 2.79. The Labute approximate surface area is 96.5 Å². The number of ether oxygens (including phenoxy) is 1. The Balaban J connectivity index is 0. The molecule has 0 saturated heterocycles. The molecule has 3 nitrogen and oxygen atoms in total. The van der Waals surface area contributed by atoms with Crippen molar-refractivity contribution in [3.63, 3.8) is 0 Å². The van der Waals surface area contributed by atoms with Crippen LogP contribution in [0.3, 0.4) is 0 Å². The van der Waals surface area contributed by atoms with Gasteiger partial charge in [0.15, 0.2) is 0 Å². The molecule has 0 rings (SSSR count). The number of carbonyl (C=O) groups is 1. The molecule has 0 radical (unpaired) electrons. The number of hydrogen-bond acceptors (Lipinski definition) is 4. The third kappa shape index (κ3) is 12.1. The molecule has 5 heteroatoms. The van der Waals surface area contributed by atoms with Crippen molar-refractivity contribution < 1.29 is 9.53 Å². The smallest absolute Gasteiger partial charge is 0.305 e. The molecule has 86 valence electrons. The number of nitrogens with two attached hydrogens (primary N) is 1. The summed E-state index contributed by atoms with van der Waals surface area (Å²) in [5.74, 6) is 2.09. The van der Waals surface area contributed by atoms with Crippen LogP contribution in [0.1, 0.15) is 25.7 Å². The Hall–Kier alpha value is 0.0700. The molecule has 0 spiro atoms. The van der Waals surface area contributed by atoms with Crippen molar-refractivity contribution in [3.8, 4) is 0 Å². The van der Waals surface area contributed by atoms with Gasteiger partial charge in [0.05, 0.1) is 7.11 Å². The van der Waals surface area contributed by atoms with Gasteiger partial charge < -0.3 is 10.5 Å². The summed E-state index contributed by atoms with van der Waals surface area (Å²) in [6, 6.07) is 0. The molecule has 0 saturated carbocycles. The predicted molar refractivity (Wildman–Crippen MR) is 64.1 cm³/mol. The Morgan fingerprint density at radius 3 is 2.57 bits per heavy atom. The predicted octanol–water partition coefficient (Wildman–Crippen LogP) is 1.83.